The average molecular weight is 214 g/mol. The molecule has 0 nitrogen and oxygen atoms in total. The van der Waals surface area contributed by atoms with E-state index >= 15 is 0 Å². The molecule has 0 aliphatic rings. The van der Waals surface area contributed by atoms with Gasteiger partial charge in [-0.2, -0.15) is 0 Å². The lowest BCUT2D eigenvalue weighted by atomic mass is 10.3. The van der Waals surface area contributed by atoms with Gasteiger partial charge in [0.25, 0.3) is 0 Å². The zero-order valence-electron chi connectivity index (χ0n) is 8.72. The fraction of sp³-hybridized carbons (Fsp3) is 0.467. The van der Waals surface area contributed by atoms with Crippen molar-refractivity contribution in [1.82, 2.24) is 0 Å². The molecule has 0 heteroatoms. The Balaban J connectivity index is -0.0000000184. The monoisotopic (exact) mass is 214 g/mol. The van der Waals surface area contributed by atoms with Gasteiger partial charge in [0.1, 0.15) is 0 Å². The molecule has 0 radical (unpaired) electrons. The van der Waals surface area contributed by atoms with E-state index in [2.05, 4.69) is 47.1 Å². The molecule has 94 valence electrons. The molecule has 0 atom stereocenters. The maximum Gasteiger partial charge on any atom is -0.0500 e. The molecule has 0 unspecified atom stereocenters. The van der Waals surface area contributed by atoms with Gasteiger partial charge in [0.05, 0.1) is 0 Å². The van der Waals surface area contributed by atoms with Crippen LogP contribution in [0.25, 0.3) is 0 Å². The Bertz CT molecular complexity index is 80.5. The second kappa shape index (κ2) is 52.2. The molecule has 0 saturated heterocycles. The van der Waals surface area contributed by atoms with E-state index in [4.69, 9.17) is 0 Å². The summed E-state index contributed by atoms with van der Waals surface area (Å²) in [5.41, 5.74) is 0. The molecule has 0 spiro atoms. The second-order valence-corrected chi connectivity index (χ2v) is 2.67. The van der Waals surface area contributed by atoms with Crippen molar-refractivity contribution in [2.45, 2.75) is 43.1 Å². The molecule has 0 amide bonds. The van der Waals surface area contributed by atoms with Crippen molar-refractivity contribution in [3.8, 4) is 0 Å². The standard InChI is InChI=1S/C4H10.2C4H6.3CH4/c1-4(2)3;2*1-3-4-2;;;/h4H,1-3H3;2*3-4H,1-2H2;3*1H4. The third-order valence-electron chi connectivity index (χ3n) is 0.333. The van der Waals surface area contributed by atoms with Crippen LogP contribution in [0, 0.1) is 5.92 Å². The van der Waals surface area contributed by atoms with E-state index in [1.807, 2.05) is 0 Å². The minimum Gasteiger partial charge on any atom is -0.0991 e. The zero-order valence-corrected chi connectivity index (χ0v) is 8.72. The summed E-state index contributed by atoms with van der Waals surface area (Å²) >= 11 is 0. The first-order valence-electron chi connectivity index (χ1n) is 4.03. The highest BCUT2D eigenvalue weighted by atomic mass is 13.7. The first-order chi connectivity index (χ1) is 5.56. The number of hydrogen-bond donors (Lipinski definition) is 0. The van der Waals surface area contributed by atoms with Crippen molar-refractivity contribution in [2.24, 2.45) is 5.92 Å². The lowest BCUT2D eigenvalue weighted by Crippen LogP contribution is -1.66. The molecule has 0 N–H and O–H groups in total. The summed E-state index contributed by atoms with van der Waals surface area (Å²) in [5, 5.41) is 0. The molecule has 0 saturated carbocycles. The third kappa shape index (κ3) is 1690. The Labute approximate surface area is 100 Å². The first-order valence-corrected chi connectivity index (χ1v) is 4.03. The van der Waals surface area contributed by atoms with Crippen LogP contribution in [0.2, 0.25) is 0 Å². The normalized spacial score (nSPS) is 5.07. The summed E-state index contributed by atoms with van der Waals surface area (Å²) in [6.45, 7) is 19.9. The number of rotatable bonds is 2. The van der Waals surface area contributed by atoms with Crippen molar-refractivity contribution >= 4 is 0 Å². The molecule has 0 aliphatic heterocycles. The molecular weight excluding hydrogens is 180 g/mol. The van der Waals surface area contributed by atoms with Crippen LogP contribution in [0.5, 0.6) is 0 Å². The van der Waals surface area contributed by atoms with Gasteiger partial charge in [-0.05, 0) is 5.92 Å². The Morgan fingerprint density at radius 3 is 0.667 bits per heavy atom. The van der Waals surface area contributed by atoms with Crippen molar-refractivity contribution < 1.29 is 0 Å². The van der Waals surface area contributed by atoms with Crippen LogP contribution in [0.1, 0.15) is 43.1 Å². The van der Waals surface area contributed by atoms with Crippen molar-refractivity contribution in [3.05, 3.63) is 50.6 Å². The molecule has 0 rings (SSSR count). The smallest absolute Gasteiger partial charge is 0.0500 e. The summed E-state index contributed by atoms with van der Waals surface area (Å²) in [5.74, 6) is 0.833. The summed E-state index contributed by atoms with van der Waals surface area (Å²) in [6.07, 6.45) is 6.56. The highest BCUT2D eigenvalue weighted by Gasteiger charge is 1.68. The molecule has 0 aromatic rings. The first kappa shape index (κ1) is 37.0. The molecular formula is C15H34. The lowest BCUT2D eigenvalue weighted by Gasteiger charge is -1.79. The molecule has 0 aliphatic carbocycles. The van der Waals surface area contributed by atoms with Crippen LogP contribution in [0.3, 0.4) is 0 Å². The van der Waals surface area contributed by atoms with Gasteiger partial charge in [0, 0.05) is 0 Å². The largest absolute Gasteiger partial charge is 0.0991 e. The predicted octanol–water partition coefficient (Wildman–Crippen LogP) is 6.29. The maximum atomic E-state index is 3.36. The maximum absolute atomic E-state index is 3.36. The average Bonchev–Trinajstić information content (AvgIpc) is 2.03. The topological polar surface area (TPSA) is 0 Å². The van der Waals surface area contributed by atoms with Gasteiger partial charge < -0.3 is 0 Å². The zero-order chi connectivity index (χ0) is 10.4. The van der Waals surface area contributed by atoms with Gasteiger partial charge in [0.2, 0.25) is 0 Å². The Morgan fingerprint density at radius 2 is 0.667 bits per heavy atom. The van der Waals surface area contributed by atoms with E-state index in [9.17, 15) is 0 Å². The van der Waals surface area contributed by atoms with Gasteiger partial charge in [-0.3, -0.25) is 0 Å². The van der Waals surface area contributed by atoms with Gasteiger partial charge in [0.15, 0.2) is 0 Å². The van der Waals surface area contributed by atoms with Crippen LogP contribution in [0.4, 0.5) is 0 Å². The number of allylic oxidation sites excluding steroid dienone is 4. The van der Waals surface area contributed by atoms with E-state index in [1.54, 1.807) is 24.3 Å². The van der Waals surface area contributed by atoms with Crippen LogP contribution < -0.4 is 0 Å². The highest BCUT2D eigenvalue weighted by Crippen LogP contribution is 1.81. The Hall–Kier alpha value is -1.04. The Morgan fingerprint density at radius 1 is 0.600 bits per heavy atom. The van der Waals surface area contributed by atoms with Crippen LogP contribution >= 0.6 is 0 Å². The molecule has 0 aromatic carbocycles. The minimum absolute atomic E-state index is 0. The van der Waals surface area contributed by atoms with E-state index in [0.29, 0.717) is 0 Å². The van der Waals surface area contributed by atoms with Gasteiger partial charge in [-0.1, -0.05) is 93.7 Å². The fourth-order valence-electron chi connectivity index (χ4n) is 0. The minimum atomic E-state index is 0. The summed E-state index contributed by atoms with van der Waals surface area (Å²) in [7, 11) is 0. The molecule has 15 heavy (non-hydrogen) atoms. The van der Waals surface area contributed by atoms with Gasteiger partial charge in [-0.25, -0.2) is 0 Å². The Kier molecular flexibility index (Phi) is 129. The van der Waals surface area contributed by atoms with Crippen molar-refractivity contribution in [1.29, 1.82) is 0 Å². The van der Waals surface area contributed by atoms with Crippen molar-refractivity contribution in [2.75, 3.05) is 0 Å². The third-order valence-corrected chi connectivity index (χ3v) is 0.333. The van der Waals surface area contributed by atoms with E-state index in [0.717, 1.165) is 5.92 Å². The molecule has 0 fully saturated rings. The van der Waals surface area contributed by atoms with E-state index in [1.165, 1.54) is 0 Å². The SMILES string of the molecule is C.C.C.C=CC=C.C=CC=C.CC(C)C. The lowest BCUT2D eigenvalue weighted by molar-refractivity contribution is 0.737. The van der Waals surface area contributed by atoms with Crippen LogP contribution in [-0.2, 0) is 0 Å². The summed E-state index contributed by atoms with van der Waals surface area (Å²) in [4.78, 5) is 0. The second-order valence-electron chi connectivity index (χ2n) is 2.67. The molecule has 0 bridgehead atoms. The fourth-order valence-corrected chi connectivity index (χ4v) is 0. The van der Waals surface area contributed by atoms with Crippen LogP contribution in [-0.4, -0.2) is 0 Å². The number of hydrogen-bond acceptors (Lipinski definition) is 0. The quantitative estimate of drug-likeness (QED) is 0.474. The van der Waals surface area contributed by atoms with E-state index in [-0.39, 0.29) is 22.3 Å². The van der Waals surface area contributed by atoms with Crippen molar-refractivity contribution in [3.63, 3.8) is 0 Å². The molecule has 0 heterocycles. The summed E-state index contributed by atoms with van der Waals surface area (Å²) in [6, 6.07) is 0. The van der Waals surface area contributed by atoms with Crippen LogP contribution in [0.15, 0.2) is 50.6 Å². The highest BCUT2D eigenvalue weighted by molar-refractivity contribution is 4.88. The summed E-state index contributed by atoms with van der Waals surface area (Å²) < 4.78 is 0. The molecule has 0 aromatic heterocycles. The predicted molar refractivity (Wildman–Crippen MR) is 81.5 cm³/mol. The van der Waals surface area contributed by atoms with Gasteiger partial charge in [-0.15, -0.1) is 0 Å². The van der Waals surface area contributed by atoms with Gasteiger partial charge >= 0.3 is 0 Å². The van der Waals surface area contributed by atoms with E-state index < -0.39 is 0 Å².